The number of nitro groups is 1. The van der Waals surface area contributed by atoms with Crippen molar-refractivity contribution in [2.24, 2.45) is 0 Å². The number of nitrogens with zero attached hydrogens (tertiary/aromatic N) is 1. The lowest BCUT2D eigenvalue weighted by Crippen LogP contribution is -2.24. The number of aliphatic hydroxyl groups excluding tert-OH is 1. The van der Waals surface area contributed by atoms with Gasteiger partial charge in [-0.3, -0.25) is 14.9 Å². The fraction of sp³-hybridized carbons (Fsp3) is 0.417. The summed E-state index contributed by atoms with van der Waals surface area (Å²) in [5, 5.41) is 21.9. The van der Waals surface area contributed by atoms with Crippen molar-refractivity contribution in [1.82, 2.24) is 5.32 Å². The highest BCUT2D eigenvalue weighted by atomic mass is 16.6. The van der Waals surface area contributed by atoms with Crippen molar-refractivity contribution >= 4 is 11.6 Å². The molecule has 0 atom stereocenters. The molecule has 0 aromatic heterocycles. The molecule has 0 aliphatic rings. The predicted octanol–water partition coefficient (Wildman–Crippen LogP) is 1.41. The molecule has 1 aromatic carbocycles. The second-order valence-electron chi connectivity index (χ2n) is 3.94. The van der Waals surface area contributed by atoms with Gasteiger partial charge in [0.15, 0.2) is 0 Å². The highest BCUT2D eigenvalue weighted by Crippen LogP contribution is 2.18. The van der Waals surface area contributed by atoms with Crippen LogP contribution in [0.2, 0.25) is 0 Å². The lowest BCUT2D eigenvalue weighted by Gasteiger charge is -2.05. The summed E-state index contributed by atoms with van der Waals surface area (Å²) in [6, 6.07) is 4.27. The van der Waals surface area contributed by atoms with Crippen LogP contribution in [0.3, 0.4) is 0 Å². The van der Waals surface area contributed by atoms with E-state index in [-0.39, 0.29) is 18.2 Å². The number of nitro benzene ring substituents is 1. The molecule has 0 fully saturated rings. The molecule has 0 saturated carbocycles. The summed E-state index contributed by atoms with van der Waals surface area (Å²) >= 11 is 0. The Morgan fingerprint density at radius 1 is 1.44 bits per heavy atom. The number of carbonyl (C=O) groups is 1. The van der Waals surface area contributed by atoms with Crippen LogP contribution in [-0.2, 0) is 0 Å². The Kier molecular flexibility index (Phi) is 5.26. The van der Waals surface area contributed by atoms with E-state index < -0.39 is 4.92 Å². The minimum Gasteiger partial charge on any atom is -0.396 e. The van der Waals surface area contributed by atoms with Crippen LogP contribution in [0.25, 0.3) is 0 Å². The first-order valence-electron chi connectivity index (χ1n) is 5.70. The van der Waals surface area contributed by atoms with Crippen molar-refractivity contribution < 1.29 is 14.8 Å². The van der Waals surface area contributed by atoms with Crippen LogP contribution in [0.1, 0.15) is 28.8 Å². The van der Waals surface area contributed by atoms with Gasteiger partial charge in [-0.2, -0.15) is 0 Å². The minimum atomic E-state index is -0.474. The number of rotatable bonds is 6. The maximum atomic E-state index is 11.7. The van der Waals surface area contributed by atoms with E-state index >= 15 is 0 Å². The summed E-state index contributed by atoms with van der Waals surface area (Å²) in [5.74, 6) is -0.258. The molecule has 6 heteroatoms. The van der Waals surface area contributed by atoms with E-state index in [1.165, 1.54) is 18.2 Å². The van der Waals surface area contributed by atoms with Gasteiger partial charge in [-0.15, -0.1) is 0 Å². The zero-order valence-electron chi connectivity index (χ0n) is 10.2. The van der Waals surface area contributed by atoms with E-state index in [1.54, 1.807) is 6.92 Å². The number of unbranched alkanes of at least 4 members (excludes halogenated alkanes) is 1. The standard InChI is InChI=1S/C12H16N2O4/c1-9-8-10(4-5-11(9)14(17)18)12(16)13-6-2-3-7-15/h4-5,8,15H,2-3,6-7H2,1H3,(H,13,16). The molecule has 0 radical (unpaired) electrons. The first-order chi connectivity index (χ1) is 8.56. The van der Waals surface area contributed by atoms with Crippen molar-refractivity contribution in [3.8, 4) is 0 Å². The Morgan fingerprint density at radius 3 is 2.72 bits per heavy atom. The van der Waals surface area contributed by atoms with Crippen molar-refractivity contribution in [3.63, 3.8) is 0 Å². The molecule has 1 rings (SSSR count). The zero-order valence-corrected chi connectivity index (χ0v) is 10.2. The Labute approximate surface area is 105 Å². The molecule has 0 bridgehead atoms. The summed E-state index contributed by atoms with van der Waals surface area (Å²) in [7, 11) is 0. The molecule has 1 aromatic rings. The molecule has 0 saturated heterocycles. The highest BCUT2D eigenvalue weighted by Gasteiger charge is 2.13. The largest absolute Gasteiger partial charge is 0.396 e. The third-order valence-corrected chi connectivity index (χ3v) is 2.53. The number of nitrogens with one attached hydrogen (secondary N) is 1. The average Bonchev–Trinajstić information content (AvgIpc) is 2.33. The molecule has 0 aliphatic heterocycles. The van der Waals surface area contributed by atoms with Crippen molar-refractivity contribution in [2.45, 2.75) is 19.8 Å². The van der Waals surface area contributed by atoms with Crippen LogP contribution in [-0.4, -0.2) is 29.1 Å². The third-order valence-electron chi connectivity index (χ3n) is 2.53. The van der Waals surface area contributed by atoms with Gasteiger partial charge in [-0.1, -0.05) is 0 Å². The van der Waals surface area contributed by atoms with Crippen LogP contribution in [0.15, 0.2) is 18.2 Å². The topological polar surface area (TPSA) is 92.5 Å². The van der Waals surface area contributed by atoms with Crippen LogP contribution >= 0.6 is 0 Å². The summed E-state index contributed by atoms with van der Waals surface area (Å²) in [5.41, 5.74) is 0.872. The van der Waals surface area contributed by atoms with Crippen molar-refractivity contribution in [3.05, 3.63) is 39.4 Å². The Hall–Kier alpha value is -1.95. The normalized spacial score (nSPS) is 10.1. The van der Waals surface area contributed by atoms with E-state index in [9.17, 15) is 14.9 Å². The smallest absolute Gasteiger partial charge is 0.272 e. The molecule has 0 heterocycles. The number of hydrogen-bond acceptors (Lipinski definition) is 4. The van der Waals surface area contributed by atoms with E-state index in [2.05, 4.69) is 5.32 Å². The average molecular weight is 252 g/mol. The SMILES string of the molecule is Cc1cc(C(=O)NCCCCO)ccc1[N+](=O)[O-]. The molecule has 0 unspecified atom stereocenters. The van der Waals surface area contributed by atoms with Crippen molar-refractivity contribution in [1.29, 1.82) is 0 Å². The van der Waals surface area contributed by atoms with Crippen molar-refractivity contribution in [2.75, 3.05) is 13.2 Å². The number of benzene rings is 1. The fourth-order valence-electron chi connectivity index (χ4n) is 1.54. The van der Waals surface area contributed by atoms with Gasteiger partial charge >= 0.3 is 0 Å². The summed E-state index contributed by atoms with van der Waals surface area (Å²) in [6.07, 6.45) is 1.34. The summed E-state index contributed by atoms with van der Waals surface area (Å²) in [4.78, 5) is 21.9. The Morgan fingerprint density at radius 2 is 2.17 bits per heavy atom. The van der Waals surface area contributed by atoms with Crippen LogP contribution in [0, 0.1) is 17.0 Å². The molecule has 18 heavy (non-hydrogen) atoms. The first kappa shape index (κ1) is 14.1. The van der Waals surface area contributed by atoms with Crippen LogP contribution in [0.4, 0.5) is 5.69 Å². The maximum absolute atomic E-state index is 11.7. The van der Waals surface area contributed by atoms with Crippen LogP contribution < -0.4 is 5.32 Å². The van der Waals surface area contributed by atoms with Gasteiger partial charge in [0.05, 0.1) is 4.92 Å². The van der Waals surface area contributed by atoms with Gasteiger partial charge in [0, 0.05) is 30.3 Å². The molecular formula is C12H16N2O4. The van der Waals surface area contributed by atoms with Gasteiger partial charge in [-0.05, 0) is 31.9 Å². The van der Waals surface area contributed by atoms with Gasteiger partial charge in [0.2, 0.25) is 0 Å². The van der Waals surface area contributed by atoms with Gasteiger partial charge < -0.3 is 10.4 Å². The third kappa shape index (κ3) is 3.81. The highest BCUT2D eigenvalue weighted by molar-refractivity contribution is 5.94. The minimum absolute atomic E-state index is 0.00632. The van der Waals surface area contributed by atoms with E-state index in [1.807, 2.05) is 0 Å². The molecule has 2 N–H and O–H groups in total. The quantitative estimate of drug-likeness (QED) is 0.454. The molecule has 0 aliphatic carbocycles. The van der Waals surface area contributed by atoms with E-state index in [0.717, 1.165) is 0 Å². The number of carbonyl (C=O) groups excluding carboxylic acids is 1. The van der Waals surface area contributed by atoms with Gasteiger partial charge in [0.25, 0.3) is 11.6 Å². The second-order valence-corrected chi connectivity index (χ2v) is 3.94. The molecular weight excluding hydrogens is 236 g/mol. The Bertz CT molecular complexity index is 446. The number of aryl methyl sites for hydroxylation is 1. The lowest BCUT2D eigenvalue weighted by atomic mass is 10.1. The monoisotopic (exact) mass is 252 g/mol. The molecule has 1 amide bonds. The maximum Gasteiger partial charge on any atom is 0.272 e. The summed E-state index contributed by atoms with van der Waals surface area (Å²) < 4.78 is 0. The predicted molar refractivity (Wildman–Crippen MR) is 66.5 cm³/mol. The number of aliphatic hydroxyl groups is 1. The van der Waals surface area contributed by atoms with E-state index in [4.69, 9.17) is 5.11 Å². The first-order valence-corrected chi connectivity index (χ1v) is 5.70. The number of hydrogen-bond donors (Lipinski definition) is 2. The fourth-order valence-corrected chi connectivity index (χ4v) is 1.54. The van der Waals surface area contributed by atoms with E-state index in [0.29, 0.717) is 30.5 Å². The van der Waals surface area contributed by atoms with Gasteiger partial charge in [0.1, 0.15) is 0 Å². The summed E-state index contributed by atoms with van der Waals surface area (Å²) in [6.45, 7) is 2.18. The molecule has 6 nitrogen and oxygen atoms in total. The Balaban J connectivity index is 2.64. The van der Waals surface area contributed by atoms with Crippen LogP contribution in [0.5, 0.6) is 0 Å². The van der Waals surface area contributed by atoms with Gasteiger partial charge in [-0.25, -0.2) is 0 Å². The number of amides is 1. The zero-order chi connectivity index (χ0) is 13.5. The second kappa shape index (κ2) is 6.70. The molecule has 98 valence electrons. The molecule has 0 spiro atoms. The lowest BCUT2D eigenvalue weighted by molar-refractivity contribution is -0.385.